The predicted molar refractivity (Wildman–Crippen MR) is 136 cm³/mol. The number of rotatable bonds is 9. The van der Waals surface area contributed by atoms with Crippen LogP contribution in [0.15, 0.2) is 12.1 Å². The minimum absolute atomic E-state index is 0.0248. The van der Waals surface area contributed by atoms with Crippen LogP contribution in [0.1, 0.15) is 67.8 Å². The van der Waals surface area contributed by atoms with Gasteiger partial charge in [-0.15, -0.1) is 0 Å². The SMILES string of the molecule is COc1cc(C#N)c(OC2CCC(C)(C(=O)O)CC2)cc1C(=O)N[C@@H]1[C@H]2CC[C@H](C2)[C@@H]1C(=O)NCC(F)(F)C(F)(F)F. The van der Waals surface area contributed by atoms with Crippen LogP contribution >= 0.6 is 0 Å². The van der Waals surface area contributed by atoms with Crippen LogP contribution in [0, 0.1) is 34.5 Å². The van der Waals surface area contributed by atoms with Crippen LogP contribution in [0.4, 0.5) is 22.0 Å². The Morgan fingerprint density at radius 2 is 1.71 bits per heavy atom. The summed E-state index contributed by atoms with van der Waals surface area (Å²) in [6.45, 7) is -0.242. The lowest BCUT2D eigenvalue weighted by atomic mass is 9.75. The lowest BCUT2D eigenvalue weighted by Crippen LogP contribution is -2.53. The fourth-order valence-corrected chi connectivity index (χ4v) is 6.35. The quantitative estimate of drug-likeness (QED) is 0.356. The normalized spacial score (nSPS) is 29.0. The lowest BCUT2D eigenvalue weighted by Gasteiger charge is -2.34. The van der Waals surface area contributed by atoms with Crippen LogP contribution in [0.5, 0.6) is 11.5 Å². The number of benzene rings is 1. The van der Waals surface area contributed by atoms with E-state index in [9.17, 15) is 46.7 Å². The Balaban J connectivity index is 1.51. The standard InChI is InChI=1S/C28H32F5N3O6/c1-26(25(39)40)7-5-17(6-8-26)42-19-11-18(20(41-2)10-16(19)12-34)23(37)36-22-15-4-3-14(9-15)21(22)24(38)35-13-27(29,30)28(31,32)33/h10-11,14-15,17,21-22H,3-9,13H2,1-2H3,(H,35,38)(H,36,37)(H,39,40)/t14-,15+,17?,21+,22-,26?/m1/s1. The van der Waals surface area contributed by atoms with Gasteiger partial charge in [-0.3, -0.25) is 14.4 Å². The van der Waals surface area contributed by atoms with Gasteiger partial charge in [0.05, 0.1) is 42.2 Å². The topological polar surface area (TPSA) is 138 Å². The van der Waals surface area contributed by atoms with Crippen LogP contribution < -0.4 is 20.1 Å². The second-order valence-electron chi connectivity index (χ2n) is 11.6. The molecule has 2 bridgehead atoms. The van der Waals surface area contributed by atoms with E-state index in [4.69, 9.17) is 9.47 Å². The van der Waals surface area contributed by atoms with Crippen LogP contribution in [0.25, 0.3) is 0 Å². The highest BCUT2D eigenvalue weighted by atomic mass is 19.4. The first-order valence-corrected chi connectivity index (χ1v) is 13.7. The molecule has 230 valence electrons. The summed E-state index contributed by atoms with van der Waals surface area (Å²) in [4.78, 5) is 37.9. The minimum Gasteiger partial charge on any atom is -0.496 e. The Bertz CT molecular complexity index is 1270. The largest absolute Gasteiger partial charge is 0.496 e. The van der Waals surface area contributed by atoms with Gasteiger partial charge in [-0.25, -0.2) is 0 Å². The molecule has 0 radical (unpaired) electrons. The first kappa shape index (κ1) is 31.3. The van der Waals surface area contributed by atoms with Gasteiger partial charge < -0.3 is 25.2 Å². The third-order valence-corrected chi connectivity index (χ3v) is 8.93. The van der Waals surface area contributed by atoms with Crippen molar-refractivity contribution in [2.24, 2.45) is 23.2 Å². The molecular formula is C28H32F5N3O6. The van der Waals surface area contributed by atoms with E-state index in [0.717, 1.165) is 0 Å². The average molecular weight is 602 g/mol. The molecule has 2 amide bonds. The number of halogens is 5. The second kappa shape index (κ2) is 11.6. The number of hydrogen-bond donors (Lipinski definition) is 3. The molecule has 3 saturated carbocycles. The molecule has 3 fully saturated rings. The lowest BCUT2D eigenvalue weighted by molar-refractivity contribution is -0.278. The molecular weight excluding hydrogens is 569 g/mol. The molecule has 3 N–H and O–H groups in total. The number of fused-ring (bicyclic) bond motifs is 2. The predicted octanol–water partition coefficient (Wildman–Crippen LogP) is 4.44. The smallest absolute Gasteiger partial charge is 0.455 e. The van der Waals surface area contributed by atoms with Gasteiger partial charge in [-0.05, 0) is 69.8 Å². The maximum Gasteiger partial charge on any atom is 0.455 e. The number of nitriles is 1. The van der Waals surface area contributed by atoms with E-state index >= 15 is 0 Å². The summed E-state index contributed by atoms with van der Waals surface area (Å²) < 4.78 is 76.0. The van der Waals surface area contributed by atoms with Gasteiger partial charge in [0.1, 0.15) is 17.6 Å². The molecule has 14 heteroatoms. The molecule has 1 aromatic carbocycles. The summed E-state index contributed by atoms with van der Waals surface area (Å²) in [6.07, 6.45) is -2.94. The molecule has 0 unspecified atom stereocenters. The first-order chi connectivity index (χ1) is 19.6. The van der Waals surface area contributed by atoms with E-state index in [1.165, 1.54) is 19.2 Å². The van der Waals surface area contributed by atoms with E-state index in [2.05, 4.69) is 5.32 Å². The molecule has 0 spiro atoms. The highest BCUT2D eigenvalue weighted by Gasteiger charge is 2.58. The van der Waals surface area contributed by atoms with Gasteiger partial charge in [0.15, 0.2) is 0 Å². The molecule has 4 rings (SSSR count). The molecule has 42 heavy (non-hydrogen) atoms. The van der Waals surface area contributed by atoms with Gasteiger partial charge in [0.25, 0.3) is 5.91 Å². The highest BCUT2D eigenvalue weighted by molar-refractivity contribution is 5.98. The third-order valence-electron chi connectivity index (χ3n) is 8.93. The molecule has 0 heterocycles. The zero-order chi connectivity index (χ0) is 31.0. The van der Waals surface area contributed by atoms with Gasteiger partial charge in [0.2, 0.25) is 5.91 Å². The van der Waals surface area contributed by atoms with Gasteiger partial charge in [-0.1, -0.05) is 0 Å². The van der Waals surface area contributed by atoms with Crippen molar-refractivity contribution in [2.45, 2.75) is 76.1 Å². The maximum absolute atomic E-state index is 13.5. The Morgan fingerprint density at radius 1 is 1.07 bits per heavy atom. The van der Waals surface area contributed by atoms with Crippen LogP contribution in [0.3, 0.4) is 0 Å². The van der Waals surface area contributed by atoms with E-state index in [0.29, 0.717) is 44.9 Å². The summed E-state index contributed by atoms with van der Waals surface area (Å²) >= 11 is 0. The van der Waals surface area contributed by atoms with E-state index in [1.807, 2.05) is 6.07 Å². The number of amides is 2. The summed E-state index contributed by atoms with van der Waals surface area (Å²) in [6, 6.07) is 3.82. The van der Waals surface area contributed by atoms with Crippen molar-refractivity contribution >= 4 is 17.8 Å². The Kier molecular flexibility index (Phi) is 8.62. The maximum atomic E-state index is 13.5. The Morgan fingerprint density at radius 3 is 2.29 bits per heavy atom. The monoisotopic (exact) mass is 601 g/mol. The molecule has 3 aliphatic carbocycles. The summed E-state index contributed by atoms with van der Waals surface area (Å²) in [7, 11) is 1.29. The number of nitrogens with one attached hydrogen (secondary N) is 2. The van der Waals surface area contributed by atoms with Crippen LogP contribution in [-0.4, -0.2) is 60.8 Å². The highest BCUT2D eigenvalue weighted by Crippen LogP contribution is 2.49. The number of ether oxygens (including phenoxy) is 2. The summed E-state index contributed by atoms with van der Waals surface area (Å²) in [5, 5.41) is 23.6. The first-order valence-electron chi connectivity index (χ1n) is 13.7. The summed E-state index contributed by atoms with van der Waals surface area (Å²) in [5.41, 5.74) is -0.824. The minimum atomic E-state index is -5.82. The molecule has 1 aromatic rings. The number of methoxy groups -OCH3 is 1. The molecule has 0 saturated heterocycles. The van der Waals surface area contributed by atoms with Crippen molar-refractivity contribution in [3.05, 3.63) is 23.3 Å². The van der Waals surface area contributed by atoms with Gasteiger partial charge >= 0.3 is 18.1 Å². The fourth-order valence-electron chi connectivity index (χ4n) is 6.35. The van der Waals surface area contributed by atoms with Gasteiger partial charge in [-0.2, -0.15) is 27.2 Å². The third kappa shape index (κ3) is 6.10. The van der Waals surface area contributed by atoms with Crippen molar-refractivity contribution in [3.8, 4) is 17.6 Å². The number of carboxylic acids is 1. The zero-order valence-corrected chi connectivity index (χ0v) is 23.0. The van der Waals surface area contributed by atoms with Crippen LogP contribution in [0.2, 0.25) is 0 Å². The van der Waals surface area contributed by atoms with Crippen molar-refractivity contribution in [1.29, 1.82) is 5.26 Å². The molecule has 9 nitrogen and oxygen atoms in total. The number of aliphatic carboxylic acids is 1. The molecule has 0 aromatic heterocycles. The number of carbonyl (C=O) groups is 3. The van der Waals surface area contributed by atoms with E-state index < -0.39 is 59.9 Å². The van der Waals surface area contributed by atoms with Crippen molar-refractivity contribution in [3.63, 3.8) is 0 Å². The van der Waals surface area contributed by atoms with Crippen molar-refractivity contribution in [2.75, 3.05) is 13.7 Å². The molecule has 3 aliphatic rings. The molecule has 0 aliphatic heterocycles. The van der Waals surface area contributed by atoms with Crippen molar-refractivity contribution < 1.29 is 50.9 Å². The molecule has 4 atom stereocenters. The number of carboxylic acid groups (broad SMARTS) is 1. The van der Waals surface area contributed by atoms with Crippen LogP contribution in [-0.2, 0) is 9.59 Å². The summed E-state index contributed by atoms with van der Waals surface area (Å²) in [5.74, 6) is -9.02. The zero-order valence-electron chi connectivity index (χ0n) is 23.0. The number of hydrogen-bond acceptors (Lipinski definition) is 6. The van der Waals surface area contributed by atoms with E-state index in [-0.39, 0.29) is 34.5 Å². The Labute approximate surface area is 238 Å². The number of carbonyl (C=O) groups excluding carboxylic acids is 2. The fraction of sp³-hybridized carbons (Fsp3) is 0.643. The second-order valence-corrected chi connectivity index (χ2v) is 11.6. The average Bonchev–Trinajstić information content (AvgIpc) is 3.54. The number of alkyl halides is 5. The van der Waals surface area contributed by atoms with Crippen molar-refractivity contribution in [1.82, 2.24) is 10.6 Å². The van der Waals surface area contributed by atoms with E-state index in [1.54, 1.807) is 12.2 Å². The van der Waals surface area contributed by atoms with Gasteiger partial charge in [0, 0.05) is 12.1 Å². The number of nitrogens with zero attached hydrogens (tertiary/aromatic N) is 1. The Hall–Kier alpha value is -3.63.